The highest BCUT2D eigenvalue weighted by Gasteiger charge is 2.50. The predicted molar refractivity (Wildman–Crippen MR) is 70.6 cm³/mol. The van der Waals surface area contributed by atoms with Gasteiger partial charge < -0.3 is 5.11 Å². The van der Waals surface area contributed by atoms with E-state index in [1.165, 1.54) is 11.0 Å². The van der Waals surface area contributed by atoms with Gasteiger partial charge in [-0.2, -0.15) is 0 Å². The fourth-order valence-electron chi connectivity index (χ4n) is 3.28. The third-order valence-electron chi connectivity index (χ3n) is 4.31. The highest BCUT2D eigenvalue weighted by atomic mass is 16.3. The molecule has 4 nitrogen and oxygen atoms in total. The first-order valence-electron chi connectivity index (χ1n) is 6.75. The van der Waals surface area contributed by atoms with E-state index < -0.39 is 0 Å². The van der Waals surface area contributed by atoms with Gasteiger partial charge in [-0.05, 0) is 37.3 Å². The van der Waals surface area contributed by atoms with E-state index in [4.69, 9.17) is 0 Å². The van der Waals surface area contributed by atoms with Gasteiger partial charge in [0, 0.05) is 0 Å². The minimum atomic E-state index is -0.198. The lowest BCUT2D eigenvalue weighted by Crippen LogP contribution is -2.30. The fourth-order valence-corrected chi connectivity index (χ4v) is 3.28. The Morgan fingerprint density at radius 3 is 2.53 bits per heavy atom. The second-order valence-electron chi connectivity index (χ2n) is 5.63. The van der Waals surface area contributed by atoms with E-state index in [1.807, 2.05) is 0 Å². The zero-order chi connectivity index (χ0) is 13.6. The van der Waals surface area contributed by atoms with Crippen LogP contribution in [0.4, 0.5) is 5.69 Å². The zero-order valence-corrected chi connectivity index (χ0v) is 10.9. The van der Waals surface area contributed by atoms with Crippen LogP contribution < -0.4 is 4.90 Å². The zero-order valence-electron chi connectivity index (χ0n) is 10.9. The number of nitrogens with zero attached hydrogens (tertiary/aromatic N) is 1. The van der Waals surface area contributed by atoms with Crippen LogP contribution in [0.1, 0.15) is 26.2 Å². The summed E-state index contributed by atoms with van der Waals surface area (Å²) in [7, 11) is 0. The molecule has 0 bridgehead atoms. The standard InChI is InChI=1S/C15H17NO3/c1-9-6-7-10-11(8-9)15(19)16(14(10)18)12-4-2-3-5-13(12)17/h2-5,9-11,17H,6-8H2,1H3/t9-,10-,11-/m1/s1. The van der Waals surface area contributed by atoms with Crippen molar-refractivity contribution in [1.29, 1.82) is 0 Å². The van der Waals surface area contributed by atoms with Crippen LogP contribution in [0.25, 0.3) is 0 Å². The average molecular weight is 259 g/mol. The second kappa shape index (κ2) is 4.37. The molecule has 4 heteroatoms. The Balaban J connectivity index is 1.98. The Bertz CT molecular complexity index is 540. The number of fused-ring (bicyclic) bond motifs is 1. The third kappa shape index (κ3) is 1.82. The molecule has 0 spiro atoms. The number of hydrogen-bond donors (Lipinski definition) is 1. The van der Waals surface area contributed by atoms with Crippen molar-refractivity contribution in [2.75, 3.05) is 4.90 Å². The number of para-hydroxylation sites is 2. The van der Waals surface area contributed by atoms with Gasteiger partial charge in [0.1, 0.15) is 5.75 Å². The Morgan fingerprint density at radius 1 is 1.11 bits per heavy atom. The summed E-state index contributed by atoms with van der Waals surface area (Å²) in [5, 5.41) is 9.85. The van der Waals surface area contributed by atoms with Crippen LogP contribution in [-0.4, -0.2) is 16.9 Å². The van der Waals surface area contributed by atoms with Gasteiger partial charge in [-0.1, -0.05) is 19.1 Å². The molecule has 1 saturated heterocycles. The maximum atomic E-state index is 12.4. The van der Waals surface area contributed by atoms with E-state index in [1.54, 1.807) is 18.2 Å². The Hall–Kier alpha value is -1.84. The lowest BCUT2D eigenvalue weighted by molar-refractivity contribution is -0.122. The van der Waals surface area contributed by atoms with Crippen LogP contribution >= 0.6 is 0 Å². The molecular formula is C15H17NO3. The number of imide groups is 1. The number of carbonyl (C=O) groups is 2. The summed E-state index contributed by atoms with van der Waals surface area (Å²) in [6.07, 6.45) is 2.55. The van der Waals surface area contributed by atoms with Gasteiger partial charge >= 0.3 is 0 Å². The highest BCUT2D eigenvalue weighted by molar-refractivity contribution is 6.22. The van der Waals surface area contributed by atoms with E-state index >= 15 is 0 Å². The number of carbonyl (C=O) groups excluding carboxylic acids is 2. The van der Waals surface area contributed by atoms with E-state index in [9.17, 15) is 14.7 Å². The molecule has 0 radical (unpaired) electrons. The molecule has 2 fully saturated rings. The van der Waals surface area contributed by atoms with Crippen LogP contribution in [0, 0.1) is 17.8 Å². The average Bonchev–Trinajstić information content (AvgIpc) is 2.63. The van der Waals surface area contributed by atoms with Crippen LogP contribution in [0.3, 0.4) is 0 Å². The first-order chi connectivity index (χ1) is 9.09. The quantitative estimate of drug-likeness (QED) is 0.787. The molecule has 1 aliphatic heterocycles. The first kappa shape index (κ1) is 12.2. The molecule has 100 valence electrons. The smallest absolute Gasteiger partial charge is 0.237 e. The molecule has 1 saturated carbocycles. The molecule has 1 N–H and O–H groups in total. The van der Waals surface area contributed by atoms with Gasteiger partial charge in [0.25, 0.3) is 0 Å². The van der Waals surface area contributed by atoms with Crippen LogP contribution in [0.5, 0.6) is 5.75 Å². The predicted octanol–water partition coefficient (Wildman–Crippen LogP) is 2.32. The summed E-state index contributed by atoms with van der Waals surface area (Å²) < 4.78 is 0. The summed E-state index contributed by atoms with van der Waals surface area (Å²) >= 11 is 0. The summed E-state index contributed by atoms with van der Waals surface area (Å²) in [6, 6.07) is 6.52. The number of amides is 2. The molecule has 0 unspecified atom stereocenters. The molecule has 1 heterocycles. The SMILES string of the molecule is C[C@@H]1CC[C@H]2C(=O)N(c3ccccc3O)C(=O)[C@@H]2C1. The normalized spacial score (nSPS) is 30.6. The van der Waals surface area contributed by atoms with Crippen molar-refractivity contribution in [3.63, 3.8) is 0 Å². The lowest BCUT2D eigenvalue weighted by Gasteiger charge is -2.25. The van der Waals surface area contributed by atoms with E-state index in [0.717, 1.165) is 19.3 Å². The number of phenolic OH excluding ortho intramolecular Hbond substituents is 1. The van der Waals surface area contributed by atoms with Crippen molar-refractivity contribution in [2.45, 2.75) is 26.2 Å². The second-order valence-corrected chi connectivity index (χ2v) is 5.63. The van der Waals surface area contributed by atoms with E-state index in [2.05, 4.69) is 6.92 Å². The molecule has 3 rings (SSSR count). The molecule has 2 aliphatic rings. The molecule has 0 aromatic heterocycles. The van der Waals surface area contributed by atoms with Crippen molar-refractivity contribution in [1.82, 2.24) is 0 Å². The summed E-state index contributed by atoms with van der Waals surface area (Å²) in [5.41, 5.74) is 0.319. The van der Waals surface area contributed by atoms with E-state index in [0.29, 0.717) is 11.6 Å². The molecule has 1 aromatic rings. The fraction of sp³-hybridized carbons (Fsp3) is 0.467. The Labute approximate surface area is 112 Å². The van der Waals surface area contributed by atoms with Gasteiger partial charge in [0.05, 0.1) is 17.5 Å². The van der Waals surface area contributed by atoms with Gasteiger partial charge in [0.2, 0.25) is 11.8 Å². The third-order valence-corrected chi connectivity index (χ3v) is 4.31. The van der Waals surface area contributed by atoms with Gasteiger partial charge in [0.15, 0.2) is 0 Å². The first-order valence-corrected chi connectivity index (χ1v) is 6.75. The lowest BCUT2D eigenvalue weighted by atomic mass is 9.76. The number of benzene rings is 1. The number of aromatic hydroxyl groups is 1. The van der Waals surface area contributed by atoms with Crippen molar-refractivity contribution in [3.8, 4) is 5.75 Å². The van der Waals surface area contributed by atoms with Crippen LogP contribution in [0.15, 0.2) is 24.3 Å². The molecule has 19 heavy (non-hydrogen) atoms. The topological polar surface area (TPSA) is 57.6 Å². The minimum Gasteiger partial charge on any atom is -0.506 e. The van der Waals surface area contributed by atoms with Crippen molar-refractivity contribution in [2.24, 2.45) is 17.8 Å². The number of phenols is 1. The number of anilines is 1. The van der Waals surface area contributed by atoms with Crippen molar-refractivity contribution < 1.29 is 14.7 Å². The number of hydrogen-bond acceptors (Lipinski definition) is 3. The van der Waals surface area contributed by atoms with Crippen molar-refractivity contribution in [3.05, 3.63) is 24.3 Å². The number of rotatable bonds is 1. The summed E-state index contributed by atoms with van der Waals surface area (Å²) in [4.78, 5) is 26.0. The molecular weight excluding hydrogens is 242 g/mol. The monoisotopic (exact) mass is 259 g/mol. The highest BCUT2D eigenvalue weighted by Crippen LogP contribution is 2.43. The van der Waals surface area contributed by atoms with Gasteiger partial charge in [-0.3, -0.25) is 9.59 Å². The molecule has 3 atom stereocenters. The summed E-state index contributed by atoms with van der Waals surface area (Å²) in [6.45, 7) is 2.12. The summed E-state index contributed by atoms with van der Waals surface area (Å²) in [5.74, 6) is -0.219. The largest absolute Gasteiger partial charge is 0.506 e. The maximum Gasteiger partial charge on any atom is 0.237 e. The Kier molecular flexibility index (Phi) is 2.81. The van der Waals surface area contributed by atoms with Gasteiger partial charge in [-0.15, -0.1) is 0 Å². The van der Waals surface area contributed by atoms with E-state index in [-0.39, 0.29) is 29.4 Å². The maximum absolute atomic E-state index is 12.4. The van der Waals surface area contributed by atoms with Gasteiger partial charge in [-0.25, -0.2) is 4.90 Å². The molecule has 1 aliphatic carbocycles. The molecule has 2 amide bonds. The van der Waals surface area contributed by atoms with Crippen LogP contribution in [0.2, 0.25) is 0 Å². The Morgan fingerprint density at radius 2 is 1.79 bits per heavy atom. The minimum absolute atomic E-state index is 0.0177. The van der Waals surface area contributed by atoms with Crippen LogP contribution in [-0.2, 0) is 9.59 Å². The molecule has 1 aromatic carbocycles. The van der Waals surface area contributed by atoms with Crippen molar-refractivity contribution >= 4 is 17.5 Å².